The predicted octanol–water partition coefficient (Wildman–Crippen LogP) is 2.09. The largest absolute Gasteiger partial charge is 0.399 e. The van der Waals surface area contributed by atoms with Crippen LogP contribution in [0.3, 0.4) is 0 Å². The molecule has 90 valence electrons. The Bertz CT molecular complexity index is 530. The Labute approximate surface area is 105 Å². The van der Waals surface area contributed by atoms with E-state index in [0.717, 1.165) is 22.7 Å². The highest BCUT2D eigenvalue weighted by Gasteiger charge is 2.22. The Morgan fingerprint density at radius 2 is 2.41 bits per heavy atom. The van der Waals surface area contributed by atoms with Gasteiger partial charge in [-0.3, -0.25) is 0 Å². The number of anilines is 2. The summed E-state index contributed by atoms with van der Waals surface area (Å²) in [6, 6.07) is 6.38. The molecule has 0 saturated carbocycles. The Morgan fingerprint density at radius 1 is 1.53 bits per heavy atom. The lowest BCUT2D eigenvalue weighted by molar-refractivity contribution is 0.686. The highest BCUT2D eigenvalue weighted by Crippen LogP contribution is 2.26. The molecule has 1 atom stereocenters. The lowest BCUT2D eigenvalue weighted by atomic mass is 10.2. The monoisotopic (exact) mass is 248 g/mol. The van der Waals surface area contributed by atoms with Gasteiger partial charge in [-0.1, -0.05) is 0 Å². The molecule has 1 saturated heterocycles. The van der Waals surface area contributed by atoms with E-state index in [0.29, 0.717) is 6.04 Å². The van der Waals surface area contributed by atoms with E-state index in [1.165, 1.54) is 17.9 Å². The molecule has 3 N–H and O–H groups in total. The number of nitrogen functional groups attached to an aromatic ring is 1. The lowest BCUT2D eigenvalue weighted by Gasteiger charge is -2.22. The summed E-state index contributed by atoms with van der Waals surface area (Å²) in [5.41, 5.74) is 8.53. The molecule has 0 bridgehead atoms. The maximum absolute atomic E-state index is 5.77. The van der Waals surface area contributed by atoms with Gasteiger partial charge in [0, 0.05) is 24.5 Å². The lowest BCUT2D eigenvalue weighted by Crippen LogP contribution is -2.32. The van der Waals surface area contributed by atoms with Crippen molar-refractivity contribution in [1.29, 1.82) is 0 Å². The van der Waals surface area contributed by atoms with Crippen molar-refractivity contribution in [3.8, 4) is 0 Å². The summed E-state index contributed by atoms with van der Waals surface area (Å²) in [4.78, 5) is 10.2. The molecule has 0 spiro atoms. The number of nitrogens with one attached hydrogen (secondary N) is 1. The van der Waals surface area contributed by atoms with Crippen molar-refractivity contribution >= 4 is 34.4 Å². The van der Waals surface area contributed by atoms with Gasteiger partial charge in [-0.05, 0) is 30.4 Å². The molecular formula is C12H16N4S. The Hall–Kier alpha value is -1.36. The van der Waals surface area contributed by atoms with Gasteiger partial charge in [-0.15, -0.1) is 0 Å². The van der Waals surface area contributed by atoms with Gasteiger partial charge in [0.15, 0.2) is 0 Å². The topological polar surface area (TPSA) is 57.9 Å². The van der Waals surface area contributed by atoms with Crippen LogP contribution in [-0.2, 0) is 0 Å². The standard InChI is InChI=1S/C12H16N4S/c1-16(9-4-5-17-7-9)12-14-10-3-2-8(13)6-11(10)15-12/h2-3,6,9H,4-5,7,13H2,1H3,(H,14,15). The van der Waals surface area contributed by atoms with Gasteiger partial charge in [0.25, 0.3) is 0 Å². The Morgan fingerprint density at radius 3 is 3.18 bits per heavy atom. The molecule has 3 rings (SSSR count). The van der Waals surface area contributed by atoms with Crippen LogP contribution in [0, 0.1) is 0 Å². The molecule has 4 nitrogen and oxygen atoms in total. The normalized spacial score (nSPS) is 19.9. The summed E-state index contributed by atoms with van der Waals surface area (Å²) >= 11 is 2.01. The van der Waals surface area contributed by atoms with Crippen molar-refractivity contribution in [3.05, 3.63) is 18.2 Å². The van der Waals surface area contributed by atoms with Crippen molar-refractivity contribution in [1.82, 2.24) is 9.97 Å². The van der Waals surface area contributed by atoms with Crippen LogP contribution in [0.25, 0.3) is 11.0 Å². The van der Waals surface area contributed by atoms with E-state index in [1.807, 2.05) is 30.0 Å². The molecule has 1 unspecified atom stereocenters. The number of aromatic nitrogens is 2. The average Bonchev–Trinajstić information content (AvgIpc) is 2.96. The molecule has 1 aromatic carbocycles. The quantitative estimate of drug-likeness (QED) is 0.799. The fraction of sp³-hybridized carbons (Fsp3) is 0.417. The molecule has 1 aliphatic heterocycles. The third-order valence-corrected chi connectivity index (χ3v) is 4.43. The number of nitrogens with two attached hydrogens (primary N) is 1. The molecule has 2 heterocycles. The predicted molar refractivity (Wildman–Crippen MR) is 74.6 cm³/mol. The van der Waals surface area contributed by atoms with E-state index in [4.69, 9.17) is 5.73 Å². The summed E-state index contributed by atoms with van der Waals surface area (Å²) in [6.45, 7) is 0. The van der Waals surface area contributed by atoms with Gasteiger partial charge < -0.3 is 15.6 Å². The molecule has 1 aliphatic rings. The SMILES string of the molecule is CN(c1nc2ccc(N)cc2[nH]1)C1CCSC1. The van der Waals surface area contributed by atoms with Crippen LogP contribution in [0.1, 0.15) is 6.42 Å². The summed E-state index contributed by atoms with van der Waals surface area (Å²) < 4.78 is 0. The fourth-order valence-electron chi connectivity index (χ4n) is 2.18. The minimum atomic E-state index is 0.595. The van der Waals surface area contributed by atoms with E-state index >= 15 is 0 Å². The van der Waals surface area contributed by atoms with Crippen LogP contribution in [0.4, 0.5) is 11.6 Å². The number of nitrogens with zero attached hydrogens (tertiary/aromatic N) is 2. The van der Waals surface area contributed by atoms with E-state index in [2.05, 4.69) is 21.9 Å². The van der Waals surface area contributed by atoms with E-state index in [-0.39, 0.29) is 0 Å². The molecular weight excluding hydrogens is 232 g/mol. The zero-order valence-electron chi connectivity index (χ0n) is 9.81. The van der Waals surface area contributed by atoms with Crippen molar-refractivity contribution < 1.29 is 0 Å². The number of aromatic amines is 1. The van der Waals surface area contributed by atoms with Crippen molar-refractivity contribution in [2.24, 2.45) is 0 Å². The van der Waals surface area contributed by atoms with Crippen molar-refractivity contribution in [3.63, 3.8) is 0 Å². The second kappa shape index (κ2) is 4.14. The molecule has 0 aliphatic carbocycles. The van der Waals surface area contributed by atoms with Crippen LogP contribution >= 0.6 is 11.8 Å². The van der Waals surface area contributed by atoms with Crippen LogP contribution < -0.4 is 10.6 Å². The first-order valence-electron chi connectivity index (χ1n) is 5.80. The third-order valence-electron chi connectivity index (χ3n) is 3.28. The Kier molecular flexibility index (Phi) is 2.63. The number of hydrogen-bond acceptors (Lipinski definition) is 4. The van der Waals surface area contributed by atoms with Gasteiger partial charge in [0.2, 0.25) is 5.95 Å². The second-order valence-electron chi connectivity index (χ2n) is 4.47. The first kappa shape index (κ1) is 10.8. The van der Waals surface area contributed by atoms with E-state index in [9.17, 15) is 0 Å². The molecule has 1 aromatic heterocycles. The van der Waals surface area contributed by atoms with Crippen molar-refractivity contribution in [2.45, 2.75) is 12.5 Å². The minimum Gasteiger partial charge on any atom is -0.399 e. The molecule has 0 radical (unpaired) electrons. The van der Waals surface area contributed by atoms with Gasteiger partial charge in [-0.25, -0.2) is 4.98 Å². The zero-order valence-corrected chi connectivity index (χ0v) is 10.6. The summed E-state index contributed by atoms with van der Waals surface area (Å²) in [5, 5.41) is 0. The van der Waals surface area contributed by atoms with Gasteiger partial charge >= 0.3 is 0 Å². The Balaban J connectivity index is 1.94. The summed E-state index contributed by atoms with van der Waals surface area (Å²) in [5.74, 6) is 3.39. The minimum absolute atomic E-state index is 0.595. The highest BCUT2D eigenvalue weighted by atomic mass is 32.2. The maximum atomic E-state index is 5.77. The maximum Gasteiger partial charge on any atom is 0.203 e. The van der Waals surface area contributed by atoms with Crippen LogP contribution in [-0.4, -0.2) is 34.6 Å². The number of hydrogen-bond donors (Lipinski definition) is 2. The van der Waals surface area contributed by atoms with Crippen LogP contribution in [0.5, 0.6) is 0 Å². The zero-order chi connectivity index (χ0) is 11.8. The number of rotatable bonds is 2. The number of H-pyrrole nitrogens is 1. The second-order valence-corrected chi connectivity index (χ2v) is 5.62. The number of thioether (sulfide) groups is 1. The fourth-order valence-corrected chi connectivity index (χ4v) is 3.45. The molecule has 17 heavy (non-hydrogen) atoms. The summed E-state index contributed by atoms with van der Waals surface area (Å²) in [6.07, 6.45) is 1.24. The van der Waals surface area contributed by atoms with E-state index < -0.39 is 0 Å². The molecule has 2 aromatic rings. The highest BCUT2D eigenvalue weighted by molar-refractivity contribution is 7.99. The van der Waals surface area contributed by atoms with Crippen molar-refractivity contribution in [2.75, 3.05) is 29.2 Å². The van der Waals surface area contributed by atoms with Crippen LogP contribution in [0.2, 0.25) is 0 Å². The van der Waals surface area contributed by atoms with Gasteiger partial charge in [-0.2, -0.15) is 11.8 Å². The third kappa shape index (κ3) is 1.95. The number of benzene rings is 1. The molecule has 0 amide bonds. The van der Waals surface area contributed by atoms with Gasteiger partial charge in [0.1, 0.15) is 0 Å². The smallest absolute Gasteiger partial charge is 0.203 e. The number of imidazole rings is 1. The van der Waals surface area contributed by atoms with E-state index in [1.54, 1.807) is 0 Å². The first-order chi connectivity index (χ1) is 8.24. The molecule has 5 heteroatoms. The molecule has 1 fully saturated rings. The average molecular weight is 248 g/mol. The van der Waals surface area contributed by atoms with Gasteiger partial charge in [0.05, 0.1) is 11.0 Å². The first-order valence-corrected chi connectivity index (χ1v) is 6.95. The number of fused-ring (bicyclic) bond motifs is 1. The summed E-state index contributed by atoms with van der Waals surface area (Å²) in [7, 11) is 2.11. The van der Waals surface area contributed by atoms with Crippen LogP contribution in [0.15, 0.2) is 18.2 Å².